The van der Waals surface area contributed by atoms with Crippen LogP contribution in [0.4, 0.5) is 5.69 Å². The Labute approximate surface area is 150 Å². The van der Waals surface area contributed by atoms with Crippen LogP contribution in [-0.2, 0) is 21.2 Å². The molecule has 1 aromatic carbocycles. The Morgan fingerprint density at radius 3 is 2.32 bits per heavy atom. The Kier molecular flexibility index (Phi) is 5.46. The molecule has 0 radical (unpaired) electrons. The lowest BCUT2D eigenvalue weighted by Gasteiger charge is -2.44. The summed E-state index contributed by atoms with van der Waals surface area (Å²) in [5.41, 5.74) is 1.92. The zero-order valence-corrected chi connectivity index (χ0v) is 15.8. The summed E-state index contributed by atoms with van der Waals surface area (Å²) in [6, 6.07) is 8.00. The molecule has 1 N–H and O–H groups in total. The van der Waals surface area contributed by atoms with Gasteiger partial charge in [-0.1, -0.05) is 19.1 Å². The van der Waals surface area contributed by atoms with Gasteiger partial charge in [-0.05, 0) is 30.7 Å². The van der Waals surface area contributed by atoms with Crippen LogP contribution >= 0.6 is 0 Å². The molecule has 2 fully saturated rings. The first-order chi connectivity index (χ1) is 11.9. The van der Waals surface area contributed by atoms with E-state index in [4.69, 9.17) is 0 Å². The first-order valence-corrected chi connectivity index (χ1v) is 10.7. The van der Waals surface area contributed by atoms with Gasteiger partial charge in [0.2, 0.25) is 5.91 Å². The van der Waals surface area contributed by atoms with Crippen molar-refractivity contribution in [2.24, 2.45) is 0 Å². The number of amides is 1. The molecule has 0 spiro atoms. The predicted molar refractivity (Wildman–Crippen MR) is 99.2 cm³/mol. The van der Waals surface area contributed by atoms with Gasteiger partial charge in [-0.25, -0.2) is 8.42 Å². The van der Waals surface area contributed by atoms with Gasteiger partial charge in [0.1, 0.15) is 0 Å². The van der Waals surface area contributed by atoms with Crippen LogP contribution in [-0.4, -0.2) is 67.3 Å². The normalized spacial score (nSPS) is 26.3. The zero-order valence-electron chi connectivity index (χ0n) is 14.9. The number of hydrogen-bond acceptors (Lipinski definition) is 5. The molecule has 7 heteroatoms. The number of carbonyl (C=O) groups excluding carboxylic acids is 1. The number of nitrogens with zero attached hydrogens (tertiary/aromatic N) is 2. The van der Waals surface area contributed by atoms with Crippen LogP contribution in [0, 0.1) is 0 Å². The summed E-state index contributed by atoms with van der Waals surface area (Å²) in [4.78, 5) is 15.8. The van der Waals surface area contributed by atoms with E-state index in [-0.39, 0.29) is 29.5 Å². The molecule has 1 amide bonds. The second kappa shape index (κ2) is 7.43. The minimum Gasteiger partial charge on any atom is -0.326 e. The van der Waals surface area contributed by atoms with Crippen LogP contribution in [0.25, 0.3) is 0 Å². The van der Waals surface area contributed by atoms with E-state index < -0.39 is 9.84 Å². The fourth-order valence-corrected chi connectivity index (χ4v) is 6.03. The van der Waals surface area contributed by atoms with Gasteiger partial charge in [-0.15, -0.1) is 0 Å². The highest BCUT2D eigenvalue weighted by Gasteiger charge is 2.45. The molecule has 2 heterocycles. The number of piperazine rings is 1. The van der Waals surface area contributed by atoms with E-state index in [1.54, 1.807) is 0 Å². The zero-order chi connectivity index (χ0) is 18.0. The molecule has 6 nitrogen and oxygen atoms in total. The molecule has 0 aromatic heterocycles. The Morgan fingerprint density at radius 1 is 1.12 bits per heavy atom. The number of nitrogens with one attached hydrogen (secondary N) is 1. The largest absolute Gasteiger partial charge is 0.326 e. The maximum absolute atomic E-state index is 12.2. The van der Waals surface area contributed by atoms with Crippen LogP contribution in [0.15, 0.2) is 24.3 Å². The highest BCUT2D eigenvalue weighted by atomic mass is 32.2. The van der Waals surface area contributed by atoms with Crippen LogP contribution in [0.1, 0.15) is 25.8 Å². The minimum atomic E-state index is -2.96. The maximum atomic E-state index is 12.2. The smallest absolute Gasteiger partial charge is 0.221 e. The molecule has 0 saturated carbocycles. The van der Waals surface area contributed by atoms with E-state index >= 15 is 0 Å². The third-order valence-electron chi connectivity index (χ3n) is 5.08. The van der Waals surface area contributed by atoms with Gasteiger partial charge in [0.25, 0.3) is 0 Å². The quantitative estimate of drug-likeness (QED) is 0.853. The van der Waals surface area contributed by atoms with E-state index in [0.29, 0.717) is 0 Å². The Balaban J connectivity index is 1.71. The van der Waals surface area contributed by atoms with Crippen molar-refractivity contribution >= 4 is 21.4 Å². The number of carbonyl (C=O) groups is 1. The molecule has 1 aromatic rings. The first-order valence-electron chi connectivity index (χ1n) is 8.93. The average molecular weight is 365 g/mol. The molecule has 2 saturated heterocycles. The summed E-state index contributed by atoms with van der Waals surface area (Å²) in [6.07, 6.45) is 1.05. The van der Waals surface area contributed by atoms with E-state index in [1.807, 2.05) is 24.3 Å². The molecule has 2 aliphatic rings. The second-order valence-corrected chi connectivity index (χ2v) is 9.25. The van der Waals surface area contributed by atoms with Crippen molar-refractivity contribution in [1.29, 1.82) is 0 Å². The van der Waals surface area contributed by atoms with Crippen molar-refractivity contribution in [3.05, 3.63) is 29.8 Å². The number of fused-ring (bicyclic) bond motifs is 1. The SMILES string of the molecule is CCCN1CCN(Cc2ccc(NC(C)=O)cc2)[C@H]2CS(=O)(=O)C[C@H]21. The molecule has 2 atom stereocenters. The van der Waals surface area contributed by atoms with Crippen LogP contribution in [0.5, 0.6) is 0 Å². The number of sulfone groups is 1. The topological polar surface area (TPSA) is 69.7 Å². The Hall–Kier alpha value is -1.44. The lowest BCUT2D eigenvalue weighted by Crippen LogP contribution is -2.58. The molecule has 138 valence electrons. The van der Waals surface area contributed by atoms with E-state index in [2.05, 4.69) is 22.0 Å². The van der Waals surface area contributed by atoms with Gasteiger partial charge in [0, 0.05) is 44.3 Å². The molecule has 0 bridgehead atoms. The van der Waals surface area contributed by atoms with Crippen molar-refractivity contribution in [2.45, 2.75) is 38.9 Å². The van der Waals surface area contributed by atoms with Crippen molar-refractivity contribution in [3.63, 3.8) is 0 Å². The highest BCUT2D eigenvalue weighted by Crippen LogP contribution is 2.28. The number of benzene rings is 1. The summed E-state index contributed by atoms with van der Waals surface area (Å²) in [7, 11) is -2.96. The standard InChI is InChI=1S/C18H27N3O3S/c1-3-8-20-9-10-21(18-13-25(23,24)12-17(18)20)11-15-4-6-16(7-5-15)19-14(2)22/h4-7,17-18H,3,8-13H2,1-2H3,(H,19,22)/t17-,18+/m1/s1. The number of rotatable bonds is 5. The first kappa shape index (κ1) is 18.4. The fraction of sp³-hybridized carbons (Fsp3) is 0.611. The molecule has 0 aliphatic carbocycles. The summed E-state index contributed by atoms with van der Waals surface area (Å²) < 4.78 is 24.4. The Bertz CT molecular complexity index is 718. The van der Waals surface area contributed by atoms with E-state index in [9.17, 15) is 13.2 Å². The van der Waals surface area contributed by atoms with Gasteiger partial charge in [0.05, 0.1) is 11.5 Å². The van der Waals surface area contributed by atoms with Gasteiger partial charge in [-0.2, -0.15) is 0 Å². The van der Waals surface area contributed by atoms with Gasteiger partial charge in [0.15, 0.2) is 9.84 Å². The van der Waals surface area contributed by atoms with Crippen molar-refractivity contribution in [1.82, 2.24) is 9.80 Å². The monoisotopic (exact) mass is 365 g/mol. The van der Waals surface area contributed by atoms with Crippen molar-refractivity contribution in [3.8, 4) is 0 Å². The van der Waals surface area contributed by atoms with Crippen molar-refractivity contribution in [2.75, 3.05) is 36.5 Å². The Morgan fingerprint density at radius 2 is 1.72 bits per heavy atom. The number of anilines is 1. The number of hydrogen-bond donors (Lipinski definition) is 1. The van der Waals surface area contributed by atoms with Gasteiger partial charge in [-0.3, -0.25) is 14.6 Å². The molecule has 2 aliphatic heterocycles. The minimum absolute atomic E-state index is 0.0836. The second-order valence-electron chi connectivity index (χ2n) is 7.10. The molecule has 3 rings (SSSR count). The summed E-state index contributed by atoms with van der Waals surface area (Å²) in [6.45, 7) is 7.16. The predicted octanol–water partition coefficient (Wildman–Crippen LogP) is 1.34. The van der Waals surface area contributed by atoms with Crippen molar-refractivity contribution < 1.29 is 13.2 Å². The van der Waals surface area contributed by atoms with Crippen LogP contribution in [0.2, 0.25) is 0 Å². The summed E-state index contributed by atoms with van der Waals surface area (Å²) >= 11 is 0. The third-order valence-corrected chi connectivity index (χ3v) is 6.78. The van der Waals surface area contributed by atoms with Gasteiger partial charge < -0.3 is 5.32 Å². The van der Waals surface area contributed by atoms with E-state index in [1.165, 1.54) is 6.92 Å². The van der Waals surface area contributed by atoms with E-state index in [0.717, 1.165) is 43.9 Å². The van der Waals surface area contributed by atoms with Crippen LogP contribution in [0.3, 0.4) is 0 Å². The average Bonchev–Trinajstić information content (AvgIpc) is 2.87. The lowest BCUT2D eigenvalue weighted by molar-refractivity contribution is -0.114. The van der Waals surface area contributed by atoms with Gasteiger partial charge >= 0.3 is 0 Å². The summed E-state index contributed by atoms with van der Waals surface area (Å²) in [5, 5.41) is 2.76. The molecule has 25 heavy (non-hydrogen) atoms. The molecule has 0 unspecified atom stereocenters. The summed E-state index contributed by atoms with van der Waals surface area (Å²) in [5.74, 6) is 0.469. The molecular weight excluding hydrogens is 338 g/mol. The fourth-order valence-electron chi connectivity index (χ4n) is 3.99. The maximum Gasteiger partial charge on any atom is 0.221 e. The third kappa shape index (κ3) is 4.40. The highest BCUT2D eigenvalue weighted by molar-refractivity contribution is 7.91. The molecular formula is C18H27N3O3S. The van der Waals surface area contributed by atoms with Crippen LogP contribution < -0.4 is 5.32 Å². The lowest BCUT2D eigenvalue weighted by atomic mass is 10.0.